The Kier molecular flexibility index (Phi) is 11.1. The van der Waals surface area contributed by atoms with Crippen molar-refractivity contribution in [1.29, 1.82) is 0 Å². The van der Waals surface area contributed by atoms with Crippen molar-refractivity contribution in [2.45, 2.75) is 82.5 Å². The van der Waals surface area contributed by atoms with Gasteiger partial charge in [-0.1, -0.05) is 49.6 Å². The van der Waals surface area contributed by atoms with Crippen LogP contribution >= 0.6 is 0 Å². The fourth-order valence-electron chi connectivity index (χ4n) is 5.56. The lowest BCUT2D eigenvalue weighted by Gasteiger charge is -2.27. The lowest BCUT2D eigenvalue weighted by atomic mass is 9.95. The maximum Gasteiger partial charge on any atom is 0.337 e. The predicted octanol–water partition coefficient (Wildman–Crippen LogP) is 2.73. The van der Waals surface area contributed by atoms with E-state index in [0.717, 1.165) is 31.2 Å². The fraction of sp³-hybridized carbons (Fsp3) is 0.500. The fourth-order valence-corrected chi connectivity index (χ4v) is 5.56. The van der Waals surface area contributed by atoms with Crippen molar-refractivity contribution in [2.75, 3.05) is 25.1 Å². The van der Waals surface area contributed by atoms with Crippen molar-refractivity contribution in [2.24, 2.45) is 0 Å². The molecule has 2 aromatic carbocycles. The molecule has 2 aromatic rings. The number of aliphatic hydroxyl groups is 1. The second kappa shape index (κ2) is 14.9. The summed E-state index contributed by atoms with van der Waals surface area (Å²) in [6.07, 6.45) is 5.81. The Morgan fingerprint density at radius 1 is 1.02 bits per heavy atom. The van der Waals surface area contributed by atoms with Gasteiger partial charge in [-0.15, -0.1) is 0 Å². The number of amides is 3. The molecule has 0 spiro atoms. The molecule has 0 unspecified atom stereocenters. The molecule has 226 valence electrons. The summed E-state index contributed by atoms with van der Waals surface area (Å²) >= 11 is 0. The van der Waals surface area contributed by atoms with Gasteiger partial charge in [-0.05, 0) is 56.4 Å². The maximum absolute atomic E-state index is 13.6. The van der Waals surface area contributed by atoms with Crippen molar-refractivity contribution >= 4 is 29.4 Å². The van der Waals surface area contributed by atoms with E-state index in [9.17, 15) is 24.3 Å². The first-order chi connectivity index (χ1) is 20.2. The molecule has 10 nitrogen and oxygen atoms in total. The molecule has 1 aliphatic heterocycles. The summed E-state index contributed by atoms with van der Waals surface area (Å²) in [7, 11) is 1.26. The number of ether oxygens (including phenoxy) is 1. The number of nitrogens with one attached hydrogen (secondary N) is 3. The van der Waals surface area contributed by atoms with E-state index < -0.39 is 30.1 Å². The van der Waals surface area contributed by atoms with Gasteiger partial charge in [0.05, 0.1) is 30.9 Å². The molecule has 3 amide bonds. The number of hydrogen-bond donors (Lipinski definition) is 4. The Morgan fingerprint density at radius 2 is 1.74 bits per heavy atom. The van der Waals surface area contributed by atoms with Crippen LogP contribution in [0.4, 0.5) is 5.69 Å². The minimum atomic E-state index is -1.03. The van der Waals surface area contributed by atoms with Crippen LogP contribution in [0.2, 0.25) is 0 Å². The molecule has 42 heavy (non-hydrogen) atoms. The summed E-state index contributed by atoms with van der Waals surface area (Å²) in [5.41, 5.74) is 1.69. The second-order valence-electron chi connectivity index (χ2n) is 11.2. The monoisotopic (exact) mass is 578 g/mol. The Hall–Kier alpha value is -3.76. The summed E-state index contributed by atoms with van der Waals surface area (Å²) in [6.45, 7) is 2.33. The van der Waals surface area contributed by atoms with Crippen LogP contribution in [0.3, 0.4) is 0 Å². The van der Waals surface area contributed by atoms with E-state index in [1.54, 1.807) is 24.0 Å². The number of carbonyl (C=O) groups excluding carboxylic acids is 4. The van der Waals surface area contributed by atoms with Gasteiger partial charge in [-0.2, -0.15) is 0 Å². The molecule has 4 N–H and O–H groups in total. The number of anilines is 1. The Morgan fingerprint density at radius 3 is 2.40 bits per heavy atom. The van der Waals surface area contributed by atoms with Crippen LogP contribution in [-0.2, 0) is 20.7 Å². The lowest BCUT2D eigenvalue weighted by Crippen LogP contribution is -2.53. The quantitative estimate of drug-likeness (QED) is 0.284. The average Bonchev–Trinajstić information content (AvgIpc) is 3.45. The van der Waals surface area contributed by atoms with E-state index in [1.807, 2.05) is 30.3 Å². The highest BCUT2D eigenvalue weighted by Gasteiger charge is 2.28. The van der Waals surface area contributed by atoms with E-state index in [2.05, 4.69) is 16.0 Å². The molecule has 0 bridgehead atoms. The molecular formula is C32H42N4O6. The van der Waals surface area contributed by atoms with Crippen LogP contribution in [0.15, 0.2) is 48.5 Å². The molecule has 3 atom stereocenters. The Bertz CT molecular complexity index is 1250. The molecule has 2 aliphatic rings. The first kappa shape index (κ1) is 31.2. The van der Waals surface area contributed by atoms with Crippen LogP contribution in [0.1, 0.15) is 78.1 Å². The minimum absolute atomic E-state index is 0.0755. The molecule has 0 radical (unpaired) electrons. The van der Waals surface area contributed by atoms with Crippen molar-refractivity contribution in [3.63, 3.8) is 0 Å². The standard InChI is InChI=1S/C32H42N4O6/c1-21(30(39)34-25-12-7-4-8-13-25)33-20-28(37)27(16-22-10-5-3-6-11-22)35-31(40)23-17-24(32(41)42-2)19-26(18-23)36-15-9-14-29(36)38/h3,5-6,10-11,17-19,21,25,27-28,33,37H,4,7-9,12-16,20H2,1-2H3,(H,34,39)(H,35,40)/t21-,27-,28+/m0/s1. The highest BCUT2D eigenvalue weighted by atomic mass is 16.5. The third kappa shape index (κ3) is 8.39. The van der Waals surface area contributed by atoms with E-state index in [0.29, 0.717) is 31.5 Å². The van der Waals surface area contributed by atoms with Gasteiger partial charge in [0.2, 0.25) is 11.8 Å². The number of rotatable bonds is 12. The van der Waals surface area contributed by atoms with Crippen molar-refractivity contribution in [1.82, 2.24) is 16.0 Å². The number of nitrogens with zero attached hydrogens (tertiary/aromatic N) is 1. The van der Waals surface area contributed by atoms with Crippen LogP contribution in [0.25, 0.3) is 0 Å². The van der Waals surface area contributed by atoms with Gasteiger partial charge in [-0.25, -0.2) is 4.79 Å². The Labute approximate surface area is 247 Å². The molecule has 0 aromatic heterocycles. The van der Waals surface area contributed by atoms with Gasteiger partial charge >= 0.3 is 5.97 Å². The number of carbonyl (C=O) groups is 4. The zero-order chi connectivity index (χ0) is 30.1. The normalized spacial score (nSPS) is 17.8. The first-order valence-electron chi connectivity index (χ1n) is 14.9. The molecule has 1 saturated carbocycles. The largest absolute Gasteiger partial charge is 0.465 e. The van der Waals surface area contributed by atoms with E-state index in [1.165, 1.54) is 19.6 Å². The number of aliphatic hydroxyl groups excluding tert-OH is 1. The summed E-state index contributed by atoms with van der Waals surface area (Å²) < 4.78 is 4.88. The third-order valence-electron chi connectivity index (χ3n) is 8.04. The molecule has 1 aliphatic carbocycles. The SMILES string of the molecule is COC(=O)c1cc(C(=O)N[C@@H](Cc2ccccc2)[C@H](O)CN[C@@H](C)C(=O)NC2CCCCC2)cc(N2CCCC2=O)c1. The van der Waals surface area contributed by atoms with Gasteiger partial charge in [0, 0.05) is 36.8 Å². The van der Waals surface area contributed by atoms with Crippen molar-refractivity contribution in [3.8, 4) is 0 Å². The zero-order valence-corrected chi connectivity index (χ0v) is 24.4. The van der Waals surface area contributed by atoms with Crippen LogP contribution < -0.4 is 20.9 Å². The summed E-state index contributed by atoms with van der Waals surface area (Å²) in [5, 5.41) is 20.4. The highest BCUT2D eigenvalue weighted by Crippen LogP contribution is 2.25. The molecule has 4 rings (SSSR count). The van der Waals surface area contributed by atoms with Crippen molar-refractivity contribution in [3.05, 3.63) is 65.2 Å². The second-order valence-corrected chi connectivity index (χ2v) is 11.2. The maximum atomic E-state index is 13.6. The van der Waals surface area contributed by atoms with E-state index >= 15 is 0 Å². The molecular weight excluding hydrogens is 536 g/mol. The average molecular weight is 579 g/mol. The minimum Gasteiger partial charge on any atom is -0.465 e. The van der Waals surface area contributed by atoms with E-state index in [4.69, 9.17) is 4.74 Å². The van der Waals surface area contributed by atoms with Crippen LogP contribution in [0.5, 0.6) is 0 Å². The molecule has 2 fully saturated rings. The van der Waals surface area contributed by atoms with Crippen LogP contribution in [-0.4, -0.2) is 73.2 Å². The lowest BCUT2D eigenvalue weighted by molar-refractivity contribution is -0.123. The van der Waals surface area contributed by atoms with Gasteiger partial charge in [0.1, 0.15) is 0 Å². The number of hydrogen-bond acceptors (Lipinski definition) is 7. The van der Waals surface area contributed by atoms with Gasteiger partial charge in [-0.3, -0.25) is 14.4 Å². The van der Waals surface area contributed by atoms with Gasteiger partial charge in [0.15, 0.2) is 0 Å². The number of benzene rings is 2. The highest BCUT2D eigenvalue weighted by molar-refractivity contribution is 6.02. The topological polar surface area (TPSA) is 137 Å². The molecule has 1 heterocycles. The van der Waals surface area contributed by atoms with Crippen molar-refractivity contribution < 1.29 is 29.0 Å². The summed E-state index contributed by atoms with van der Waals surface area (Å²) in [4.78, 5) is 52.7. The summed E-state index contributed by atoms with van der Waals surface area (Å²) in [5.74, 6) is -1.31. The number of methoxy groups -OCH3 is 1. The smallest absolute Gasteiger partial charge is 0.337 e. The third-order valence-corrected chi connectivity index (χ3v) is 8.04. The summed E-state index contributed by atoms with van der Waals surface area (Å²) in [6, 6.07) is 13.0. The molecule has 1 saturated heterocycles. The van der Waals surface area contributed by atoms with E-state index in [-0.39, 0.29) is 35.5 Å². The molecule has 10 heteroatoms. The predicted molar refractivity (Wildman–Crippen MR) is 159 cm³/mol. The van der Waals surface area contributed by atoms with Gasteiger partial charge in [0.25, 0.3) is 5.91 Å². The van der Waals surface area contributed by atoms with Crippen LogP contribution in [0, 0.1) is 0 Å². The van der Waals surface area contributed by atoms with Gasteiger partial charge < -0.3 is 30.7 Å². The number of esters is 1. The zero-order valence-electron chi connectivity index (χ0n) is 24.4. The first-order valence-corrected chi connectivity index (χ1v) is 14.9. The Balaban J connectivity index is 1.48.